The summed E-state index contributed by atoms with van der Waals surface area (Å²) in [5.41, 5.74) is 2.12. The molecular weight excluding hydrogens is 311 g/mol. The van der Waals surface area contributed by atoms with Crippen molar-refractivity contribution in [2.75, 3.05) is 6.54 Å². The van der Waals surface area contributed by atoms with Gasteiger partial charge in [0, 0.05) is 12.1 Å². The van der Waals surface area contributed by atoms with Crippen LogP contribution in [0, 0.1) is 11.7 Å². The van der Waals surface area contributed by atoms with Crippen molar-refractivity contribution in [3.05, 3.63) is 58.9 Å². The fraction of sp³-hybridized carbons (Fsp3) is 0.278. The molecular formula is C18H19FN2OS. The van der Waals surface area contributed by atoms with Gasteiger partial charge in [0.1, 0.15) is 11.5 Å². The number of halogens is 1. The van der Waals surface area contributed by atoms with Gasteiger partial charge in [0.15, 0.2) is 0 Å². The highest BCUT2D eigenvalue weighted by molar-refractivity contribution is 7.17. The van der Waals surface area contributed by atoms with Crippen LogP contribution in [0.1, 0.15) is 29.9 Å². The molecule has 0 fully saturated rings. The summed E-state index contributed by atoms with van der Waals surface area (Å²) in [5, 5.41) is 4.93. The first-order valence-electron chi connectivity index (χ1n) is 7.64. The molecule has 3 rings (SSSR count). The lowest BCUT2D eigenvalue weighted by Crippen LogP contribution is -2.29. The molecule has 0 radical (unpaired) electrons. The van der Waals surface area contributed by atoms with Gasteiger partial charge in [-0.25, -0.2) is 4.39 Å². The summed E-state index contributed by atoms with van der Waals surface area (Å²) >= 11 is 1.58. The maximum atomic E-state index is 14.0. The molecule has 0 bridgehead atoms. The number of hydrogen-bond acceptors (Lipinski definition) is 2. The van der Waals surface area contributed by atoms with E-state index in [1.807, 2.05) is 28.1 Å². The van der Waals surface area contributed by atoms with Gasteiger partial charge in [0.25, 0.3) is 5.91 Å². The highest BCUT2D eigenvalue weighted by Crippen LogP contribution is 2.26. The first kappa shape index (κ1) is 15.7. The smallest absolute Gasteiger partial charge is 0.267 e. The minimum Gasteiger partial charge on any atom is -0.351 e. The number of nitrogens with zero attached hydrogens (tertiary/aromatic N) is 1. The lowest BCUT2D eigenvalue weighted by atomic mass is 10.2. The number of carbonyl (C=O) groups is 1. The van der Waals surface area contributed by atoms with Crippen molar-refractivity contribution in [2.24, 2.45) is 5.92 Å². The van der Waals surface area contributed by atoms with E-state index in [1.54, 1.807) is 23.5 Å². The maximum absolute atomic E-state index is 14.0. The number of fused-ring (bicyclic) bond motifs is 1. The third kappa shape index (κ3) is 3.29. The van der Waals surface area contributed by atoms with Gasteiger partial charge in [-0.2, -0.15) is 0 Å². The Labute approximate surface area is 138 Å². The first-order valence-corrected chi connectivity index (χ1v) is 8.52. The van der Waals surface area contributed by atoms with E-state index in [0.29, 0.717) is 30.3 Å². The monoisotopic (exact) mass is 330 g/mol. The van der Waals surface area contributed by atoms with Gasteiger partial charge < -0.3 is 9.88 Å². The van der Waals surface area contributed by atoms with Crippen molar-refractivity contribution in [1.29, 1.82) is 0 Å². The molecule has 0 spiro atoms. The van der Waals surface area contributed by atoms with Gasteiger partial charge in [0.05, 0.1) is 16.8 Å². The van der Waals surface area contributed by atoms with Crippen LogP contribution in [-0.4, -0.2) is 17.0 Å². The minimum absolute atomic E-state index is 0.113. The predicted octanol–water partition coefficient (Wildman–Crippen LogP) is 4.28. The standard InChI is InChI=1S/C18H19FN2OS/c1-12(2)10-20-18(22)16-9-17-15(7-8-23-17)21(16)11-13-5-3-4-6-14(13)19/h3-9,12H,10-11H2,1-2H3,(H,20,22). The van der Waals surface area contributed by atoms with Crippen molar-refractivity contribution >= 4 is 27.5 Å². The Kier molecular flexibility index (Phi) is 4.48. The quantitative estimate of drug-likeness (QED) is 0.744. The van der Waals surface area contributed by atoms with Gasteiger partial charge in [-0.3, -0.25) is 4.79 Å². The van der Waals surface area contributed by atoms with Crippen molar-refractivity contribution in [3.8, 4) is 0 Å². The Balaban J connectivity index is 1.97. The Bertz CT molecular complexity index is 835. The number of thiophene rings is 1. The summed E-state index contributed by atoms with van der Waals surface area (Å²) in [6, 6.07) is 10.5. The summed E-state index contributed by atoms with van der Waals surface area (Å²) in [5.74, 6) is 0.0200. The molecule has 0 aliphatic rings. The van der Waals surface area contributed by atoms with Crippen LogP contribution in [-0.2, 0) is 6.54 Å². The second kappa shape index (κ2) is 6.54. The molecule has 1 N–H and O–H groups in total. The molecule has 0 saturated heterocycles. The molecule has 1 amide bonds. The van der Waals surface area contributed by atoms with E-state index in [1.165, 1.54) is 6.07 Å². The topological polar surface area (TPSA) is 34.0 Å². The van der Waals surface area contributed by atoms with E-state index in [4.69, 9.17) is 0 Å². The van der Waals surface area contributed by atoms with Crippen LogP contribution in [0.15, 0.2) is 41.8 Å². The van der Waals surface area contributed by atoms with E-state index in [9.17, 15) is 9.18 Å². The summed E-state index contributed by atoms with van der Waals surface area (Å²) in [6.07, 6.45) is 0. The number of hydrogen-bond donors (Lipinski definition) is 1. The van der Waals surface area contributed by atoms with E-state index < -0.39 is 0 Å². The number of benzene rings is 1. The van der Waals surface area contributed by atoms with Gasteiger partial charge in [-0.15, -0.1) is 11.3 Å². The Hall–Kier alpha value is -2.14. The van der Waals surface area contributed by atoms with Crippen molar-refractivity contribution in [1.82, 2.24) is 9.88 Å². The predicted molar refractivity (Wildman–Crippen MR) is 92.5 cm³/mol. The second-order valence-electron chi connectivity index (χ2n) is 5.98. The highest BCUT2D eigenvalue weighted by atomic mass is 32.1. The average molecular weight is 330 g/mol. The van der Waals surface area contributed by atoms with E-state index in [0.717, 1.165) is 10.2 Å². The molecule has 3 aromatic rings. The summed E-state index contributed by atoms with van der Waals surface area (Å²) < 4.78 is 16.9. The van der Waals surface area contributed by atoms with E-state index >= 15 is 0 Å². The number of aromatic nitrogens is 1. The third-order valence-corrected chi connectivity index (χ3v) is 4.57. The van der Waals surface area contributed by atoms with Crippen LogP contribution < -0.4 is 5.32 Å². The number of nitrogens with one attached hydrogen (secondary N) is 1. The van der Waals surface area contributed by atoms with E-state index in [2.05, 4.69) is 19.2 Å². The number of rotatable bonds is 5. The molecule has 5 heteroatoms. The molecule has 0 saturated carbocycles. The molecule has 1 aromatic carbocycles. The zero-order valence-corrected chi connectivity index (χ0v) is 14.0. The largest absolute Gasteiger partial charge is 0.351 e. The summed E-state index contributed by atoms with van der Waals surface area (Å²) in [6.45, 7) is 5.07. The molecule has 0 aliphatic carbocycles. The number of carbonyl (C=O) groups excluding carboxylic acids is 1. The van der Waals surface area contributed by atoms with Crippen LogP contribution in [0.3, 0.4) is 0 Å². The van der Waals surface area contributed by atoms with E-state index in [-0.39, 0.29) is 11.7 Å². The molecule has 0 atom stereocenters. The Morgan fingerprint density at radius 3 is 2.83 bits per heavy atom. The maximum Gasteiger partial charge on any atom is 0.267 e. The summed E-state index contributed by atoms with van der Waals surface area (Å²) in [4.78, 5) is 12.5. The second-order valence-corrected chi connectivity index (χ2v) is 6.93. The zero-order chi connectivity index (χ0) is 16.4. The Morgan fingerprint density at radius 2 is 2.09 bits per heavy atom. The fourth-order valence-corrected chi connectivity index (χ4v) is 3.34. The molecule has 120 valence electrons. The van der Waals surface area contributed by atoms with Crippen LogP contribution in [0.5, 0.6) is 0 Å². The average Bonchev–Trinajstić information content (AvgIpc) is 3.09. The third-order valence-electron chi connectivity index (χ3n) is 3.71. The molecule has 0 aliphatic heterocycles. The first-order chi connectivity index (χ1) is 11.1. The van der Waals surface area contributed by atoms with Crippen LogP contribution in [0.4, 0.5) is 4.39 Å². The van der Waals surface area contributed by atoms with Crippen LogP contribution in [0.25, 0.3) is 10.2 Å². The molecule has 2 heterocycles. The summed E-state index contributed by atoms with van der Waals surface area (Å²) in [7, 11) is 0. The molecule has 0 unspecified atom stereocenters. The lowest BCUT2D eigenvalue weighted by molar-refractivity contribution is 0.0940. The highest BCUT2D eigenvalue weighted by Gasteiger charge is 2.17. The number of amides is 1. The normalized spacial score (nSPS) is 11.3. The molecule has 3 nitrogen and oxygen atoms in total. The SMILES string of the molecule is CC(C)CNC(=O)c1cc2sccc2n1Cc1ccccc1F. The molecule has 2 aromatic heterocycles. The van der Waals surface area contributed by atoms with Gasteiger partial charge in [0.2, 0.25) is 0 Å². The zero-order valence-electron chi connectivity index (χ0n) is 13.2. The molecule has 23 heavy (non-hydrogen) atoms. The van der Waals surface area contributed by atoms with Crippen LogP contribution >= 0.6 is 11.3 Å². The Morgan fingerprint density at radius 1 is 1.30 bits per heavy atom. The van der Waals surface area contributed by atoms with Crippen LogP contribution in [0.2, 0.25) is 0 Å². The lowest BCUT2D eigenvalue weighted by Gasteiger charge is -2.12. The van der Waals surface area contributed by atoms with Gasteiger partial charge in [-0.05, 0) is 29.5 Å². The van der Waals surface area contributed by atoms with Gasteiger partial charge in [-0.1, -0.05) is 32.0 Å². The van der Waals surface area contributed by atoms with Crippen molar-refractivity contribution in [3.63, 3.8) is 0 Å². The minimum atomic E-state index is -0.252. The van der Waals surface area contributed by atoms with Crippen molar-refractivity contribution in [2.45, 2.75) is 20.4 Å². The fourth-order valence-electron chi connectivity index (χ4n) is 2.52. The van der Waals surface area contributed by atoms with Gasteiger partial charge >= 0.3 is 0 Å². The van der Waals surface area contributed by atoms with Crippen molar-refractivity contribution < 1.29 is 9.18 Å².